The maximum Gasteiger partial charge on any atom is 0.252 e. The number of aryl methyl sites for hydroxylation is 1. The molecule has 6 nitrogen and oxygen atoms in total. The van der Waals surface area contributed by atoms with E-state index in [1.54, 1.807) is 0 Å². The quantitative estimate of drug-likeness (QED) is 0.670. The summed E-state index contributed by atoms with van der Waals surface area (Å²) in [7, 11) is 0. The summed E-state index contributed by atoms with van der Waals surface area (Å²) in [5, 5.41) is 8.42. The van der Waals surface area contributed by atoms with E-state index in [1.165, 1.54) is 19.3 Å². The number of nitrogens with zero attached hydrogens (tertiary/aromatic N) is 4. The van der Waals surface area contributed by atoms with Gasteiger partial charge in [0.1, 0.15) is 0 Å². The number of para-hydroxylation sites is 1. The number of aromatic nitrogens is 3. The Morgan fingerprint density at radius 1 is 1.17 bits per heavy atom. The Labute approximate surface area is 178 Å². The number of likely N-dealkylation sites (tertiary alicyclic amines) is 1. The second-order valence-corrected chi connectivity index (χ2v) is 8.70. The van der Waals surface area contributed by atoms with E-state index in [4.69, 9.17) is 4.98 Å². The first kappa shape index (κ1) is 20.5. The fourth-order valence-electron chi connectivity index (χ4n) is 4.18. The molecule has 0 spiro atoms. The SMILES string of the molecule is CCn1cc(-c2cc(C(=O)NCC(C)(C)N3CCCCC3)c3ccccc3n2)cn1. The number of nitrogens with one attached hydrogen (secondary N) is 1. The molecule has 1 aliphatic rings. The highest BCUT2D eigenvalue weighted by Crippen LogP contribution is 2.25. The topological polar surface area (TPSA) is 63.1 Å². The maximum atomic E-state index is 13.3. The zero-order valence-electron chi connectivity index (χ0n) is 18.2. The van der Waals surface area contributed by atoms with E-state index in [2.05, 4.69) is 29.2 Å². The summed E-state index contributed by atoms with van der Waals surface area (Å²) in [5.41, 5.74) is 3.11. The van der Waals surface area contributed by atoms with Gasteiger partial charge >= 0.3 is 0 Å². The second kappa shape index (κ2) is 8.56. The van der Waals surface area contributed by atoms with Crippen LogP contribution in [-0.2, 0) is 6.54 Å². The minimum Gasteiger partial charge on any atom is -0.350 e. The number of hydrogen-bond acceptors (Lipinski definition) is 4. The molecule has 0 unspecified atom stereocenters. The Balaban J connectivity index is 1.61. The smallest absolute Gasteiger partial charge is 0.252 e. The van der Waals surface area contributed by atoms with Crippen molar-refractivity contribution in [2.24, 2.45) is 0 Å². The van der Waals surface area contributed by atoms with Gasteiger partial charge in [-0.05, 0) is 58.8 Å². The summed E-state index contributed by atoms with van der Waals surface area (Å²) >= 11 is 0. The average Bonchev–Trinajstić information content (AvgIpc) is 3.27. The number of carbonyl (C=O) groups is 1. The highest BCUT2D eigenvalue weighted by atomic mass is 16.1. The van der Waals surface area contributed by atoms with E-state index in [9.17, 15) is 4.79 Å². The maximum absolute atomic E-state index is 13.3. The van der Waals surface area contributed by atoms with Crippen molar-refractivity contribution in [2.45, 2.75) is 52.1 Å². The minimum absolute atomic E-state index is 0.0529. The summed E-state index contributed by atoms with van der Waals surface area (Å²) in [4.78, 5) is 20.5. The molecule has 1 aromatic carbocycles. The van der Waals surface area contributed by atoms with E-state index < -0.39 is 0 Å². The summed E-state index contributed by atoms with van der Waals surface area (Å²) in [6.07, 6.45) is 7.56. The van der Waals surface area contributed by atoms with Crippen molar-refractivity contribution < 1.29 is 4.79 Å². The summed E-state index contributed by atoms with van der Waals surface area (Å²) in [5.74, 6) is -0.0529. The largest absolute Gasteiger partial charge is 0.350 e. The third kappa shape index (κ3) is 4.24. The predicted octanol–water partition coefficient (Wildman–Crippen LogP) is 4.11. The molecule has 2 aromatic heterocycles. The molecule has 3 aromatic rings. The Morgan fingerprint density at radius 2 is 1.93 bits per heavy atom. The third-order valence-corrected chi connectivity index (χ3v) is 6.11. The number of carbonyl (C=O) groups excluding carboxylic acids is 1. The van der Waals surface area contributed by atoms with Crippen molar-refractivity contribution in [2.75, 3.05) is 19.6 Å². The molecular formula is C24H31N5O. The van der Waals surface area contributed by atoms with Crippen LogP contribution in [0.15, 0.2) is 42.7 Å². The van der Waals surface area contributed by atoms with E-state index in [-0.39, 0.29) is 11.4 Å². The van der Waals surface area contributed by atoms with E-state index in [1.807, 2.05) is 54.3 Å². The Morgan fingerprint density at radius 3 is 2.67 bits per heavy atom. The van der Waals surface area contributed by atoms with Crippen LogP contribution in [0.1, 0.15) is 50.4 Å². The Kier molecular flexibility index (Phi) is 5.86. The van der Waals surface area contributed by atoms with Gasteiger partial charge in [0, 0.05) is 35.8 Å². The highest BCUT2D eigenvalue weighted by Gasteiger charge is 2.28. The first-order valence-corrected chi connectivity index (χ1v) is 10.9. The molecule has 1 fully saturated rings. The van der Waals surface area contributed by atoms with Crippen LogP contribution in [0.5, 0.6) is 0 Å². The molecule has 1 N–H and O–H groups in total. The van der Waals surface area contributed by atoms with Crippen molar-refractivity contribution in [1.29, 1.82) is 0 Å². The van der Waals surface area contributed by atoms with Crippen LogP contribution in [0.3, 0.4) is 0 Å². The highest BCUT2D eigenvalue weighted by molar-refractivity contribution is 6.07. The van der Waals surface area contributed by atoms with Crippen molar-refractivity contribution in [3.05, 3.63) is 48.3 Å². The first-order chi connectivity index (χ1) is 14.5. The van der Waals surface area contributed by atoms with Gasteiger partial charge in [0.2, 0.25) is 0 Å². The van der Waals surface area contributed by atoms with Gasteiger partial charge in [-0.2, -0.15) is 5.10 Å². The molecule has 1 saturated heterocycles. The molecule has 0 saturated carbocycles. The van der Waals surface area contributed by atoms with Gasteiger partial charge in [-0.1, -0.05) is 24.6 Å². The molecule has 6 heteroatoms. The molecule has 0 atom stereocenters. The van der Waals surface area contributed by atoms with Crippen molar-refractivity contribution in [1.82, 2.24) is 25.0 Å². The lowest BCUT2D eigenvalue weighted by Crippen LogP contribution is -2.53. The minimum atomic E-state index is -0.0655. The van der Waals surface area contributed by atoms with Crippen LogP contribution >= 0.6 is 0 Å². The molecular weight excluding hydrogens is 374 g/mol. The van der Waals surface area contributed by atoms with Gasteiger partial charge in [-0.15, -0.1) is 0 Å². The number of piperidine rings is 1. The van der Waals surface area contributed by atoms with Gasteiger partial charge in [-0.25, -0.2) is 4.98 Å². The lowest BCUT2D eigenvalue weighted by molar-refractivity contribution is 0.0798. The number of pyridine rings is 1. The van der Waals surface area contributed by atoms with Gasteiger partial charge < -0.3 is 5.32 Å². The monoisotopic (exact) mass is 405 g/mol. The van der Waals surface area contributed by atoms with Crippen molar-refractivity contribution in [3.8, 4) is 11.3 Å². The molecule has 1 aliphatic heterocycles. The molecule has 0 radical (unpaired) electrons. The summed E-state index contributed by atoms with van der Waals surface area (Å²) < 4.78 is 1.87. The van der Waals surface area contributed by atoms with Crippen LogP contribution in [0.2, 0.25) is 0 Å². The summed E-state index contributed by atoms with van der Waals surface area (Å²) in [6.45, 7) is 10.1. The van der Waals surface area contributed by atoms with Gasteiger partial charge in [-0.3, -0.25) is 14.4 Å². The number of fused-ring (bicyclic) bond motifs is 1. The van der Waals surface area contributed by atoms with Crippen LogP contribution in [0.4, 0.5) is 0 Å². The molecule has 158 valence electrons. The molecule has 1 amide bonds. The molecule has 3 heterocycles. The normalized spacial score (nSPS) is 15.4. The number of rotatable bonds is 6. The van der Waals surface area contributed by atoms with Crippen molar-refractivity contribution >= 4 is 16.8 Å². The van der Waals surface area contributed by atoms with Crippen LogP contribution < -0.4 is 5.32 Å². The zero-order valence-corrected chi connectivity index (χ0v) is 18.2. The lowest BCUT2D eigenvalue weighted by Gasteiger charge is -2.41. The van der Waals surface area contributed by atoms with Gasteiger partial charge in [0.15, 0.2) is 0 Å². The fraction of sp³-hybridized carbons (Fsp3) is 0.458. The van der Waals surface area contributed by atoms with Gasteiger partial charge in [0.05, 0.1) is 23.0 Å². The van der Waals surface area contributed by atoms with E-state index >= 15 is 0 Å². The standard InChI is InChI=1S/C24H31N5O/c1-4-29-16-18(15-26-29)22-14-20(19-10-6-7-11-21(19)27-22)23(30)25-17-24(2,3)28-12-8-5-9-13-28/h6-7,10-11,14-16H,4-5,8-9,12-13,17H2,1-3H3,(H,25,30). The van der Waals surface area contributed by atoms with Crippen molar-refractivity contribution in [3.63, 3.8) is 0 Å². The first-order valence-electron chi connectivity index (χ1n) is 10.9. The molecule has 0 aliphatic carbocycles. The third-order valence-electron chi connectivity index (χ3n) is 6.11. The van der Waals surface area contributed by atoms with E-state index in [0.717, 1.165) is 41.8 Å². The second-order valence-electron chi connectivity index (χ2n) is 8.70. The predicted molar refractivity (Wildman–Crippen MR) is 120 cm³/mol. The lowest BCUT2D eigenvalue weighted by atomic mass is 9.98. The van der Waals surface area contributed by atoms with Crippen LogP contribution in [-0.4, -0.2) is 50.7 Å². The number of benzene rings is 1. The molecule has 30 heavy (non-hydrogen) atoms. The Bertz CT molecular complexity index is 1030. The van der Waals surface area contributed by atoms with Crippen LogP contribution in [0.25, 0.3) is 22.2 Å². The summed E-state index contributed by atoms with van der Waals surface area (Å²) in [6, 6.07) is 9.72. The fourth-order valence-corrected chi connectivity index (χ4v) is 4.18. The number of hydrogen-bond donors (Lipinski definition) is 1. The van der Waals surface area contributed by atoms with E-state index in [0.29, 0.717) is 12.1 Å². The zero-order chi connectivity index (χ0) is 21.1. The number of amides is 1. The van der Waals surface area contributed by atoms with Crippen LogP contribution in [0, 0.1) is 0 Å². The van der Waals surface area contributed by atoms with Gasteiger partial charge in [0.25, 0.3) is 5.91 Å². The average molecular weight is 406 g/mol. The molecule has 4 rings (SSSR count). The Hall–Kier alpha value is -2.73. The molecule has 0 bridgehead atoms.